The van der Waals surface area contributed by atoms with Crippen molar-refractivity contribution in [2.24, 2.45) is 0 Å². The number of amides is 1. The van der Waals surface area contributed by atoms with Crippen molar-refractivity contribution in [2.75, 3.05) is 38.6 Å². The van der Waals surface area contributed by atoms with E-state index in [0.29, 0.717) is 23.8 Å². The topological polar surface area (TPSA) is 67.6 Å². The van der Waals surface area contributed by atoms with Gasteiger partial charge in [0.15, 0.2) is 0 Å². The van der Waals surface area contributed by atoms with Crippen molar-refractivity contribution < 1.29 is 9.53 Å². The molecule has 126 valence electrons. The first-order valence-corrected chi connectivity index (χ1v) is 7.04. The van der Waals surface area contributed by atoms with Crippen molar-refractivity contribution in [1.29, 1.82) is 0 Å². The second-order valence-electron chi connectivity index (χ2n) is 5.28. The predicted octanol–water partition coefficient (Wildman–Crippen LogP) is 1.87. The van der Waals surface area contributed by atoms with E-state index in [-0.39, 0.29) is 30.7 Å². The number of aryl methyl sites for hydroxylation is 1. The van der Waals surface area contributed by atoms with Crippen molar-refractivity contribution in [2.45, 2.75) is 19.9 Å². The van der Waals surface area contributed by atoms with Gasteiger partial charge in [0.2, 0.25) is 0 Å². The van der Waals surface area contributed by atoms with Crippen LogP contribution in [0.1, 0.15) is 22.8 Å². The summed E-state index contributed by atoms with van der Waals surface area (Å²) in [7, 11) is 0. The maximum Gasteiger partial charge on any atom is 0.251 e. The number of hydrogen-bond donors (Lipinski definition) is 2. The summed E-state index contributed by atoms with van der Waals surface area (Å²) in [4.78, 5) is 14.5. The van der Waals surface area contributed by atoms with Crippen molar-refractivity contribution >= 4 is 36.4 Å². The Kier molecular flexibility index (Phi) is 9.44. The first-order valence-electron chi connectivity index (χ1n) is 7.04. The average molecular weight is 350 g/mol. The van der Waals surface area contributed by atoms with Gasteiger partial charge in [-0.05, 0) is 31.5 Å². The van der Waals surface area contributed by atoms with E-state index in [4.69, 9.17) is 10.5 Å². The maximum absolute atomic E-state index is 12.2. The molecule has 1 saturated heterocycles. The zero-order chi connectivity index (χ0) is 14.5. The summed E-state index contributed by atoms with van der Waals surface area (Å²) in [5.41, 5.74) is 7.94. The molecule has 5 nitrogen and oxygen atoms in total. The van der Waals surface area contributed by atoms with Gasteiger partial charge in [0, 0.05) is 36.9 Å². The highest BCUT2D eigenvalue weighted by Crippen LogP contribution is 2.12. The molecule has 3 N–H and O–H groups in total. The van der Waals surface area contributed by atoms with E-state index in [9.17, 15) is 4.79 Å². The third-order valence-electron chi connectivity index (χ3n) is 3.73. The fourth-order valence-electron chi connectivity index (χ4n) is 2.37. The van der Waals surface area contributed by atoms with Crippen molar-refractivity contribution in [1.82, 2.24) is 10.2 Å². The van der Waals surface area contributed by atoms with E-state index in [1.807, 2.05) is 19.1 Å². The molecule has 0 bridgehead atoms. The number of nitrogen functional groups attached to an aromatic ring is 1. The number of benzene rings is 1. The molecular formula is C15H25Cl2N3O2. The fourth-order valence-corrected chi connectivity index (χ4v) is 2.37. The number of nitrogens with one attached hydrogen (secondary N) is 1. The van der Waals surface area contributed by atoms with Crippen molar-refractivity contribution in [3.05, 3.63) is 29.3 Å². The second-order valence-corrected chi connectivity index (χ2v) is 5.28. The van der Waals surface area contributed by atoms with Gasteiger partial charge in [0.25, 0.3) is 5.91 Å². The average Bonchev–Trinajstić information content (AvgIpc) is 2.47. The molecule has 0 aliphatic carbocycles. The van der Waals surface area contributed by atoms with Crippen LogP contribution in [-0.4, -0.2) is 49.7 Å². The Bertz CT molecular complexity index is 480. The quantitative estimate of drug-likeness (QED) is 0.814. The van der Waals surface area contributed by atoms with Gasteiger partial charge < -0.3 is 15.8 Å². The van der Waals surface area contributed by atoms with Crippen LogP contribution >= 0.6 is 24.8 Å². The minimum Gasteiger partial charge on any atom is -0.399 e. The van der Waals surface area contributed by atoms with Crippen molar-refractivity contribution in [3.8, 4) is 0 Å². The number of nitrogens with two attached hydrogens (primary N) is 1. The molecule has 1 aromatic carbocycles. The molecule has 1 unspecified atom stereocenters. The van der Waals surface area contributed by atoms with E-state index in [1.54, 1.807) is 6.07 Å². The molecule has 0 aromatic heterocycles. The lowest BCUT2D eigenvalue weighted by Crippen LogP contribution is -2.47. The van der Waals surface area contributed by atoms with Crippen molar-refractivity contribution in [3.63, 3.8) is 0 Å². The normalized spacial score (nSPS) is 16.1. The lowest BCUT2D eigenvalue weighted by molar-refractivity contribution is 0.0204. The van der Waals surface area contributed by atoms with Gasteiger partial charge >= 0.3 is 0 Å². The van der Waals surface area contributed by atoms with Crippen LogP contribution in [0.5, 0.6) is 0 Å². The minimum atomic E-state index is -0.0603. The van der Waals surface area contributed by atoms with Crippen LogP contribution in [0, 0.1) is 6.92 Å². The molecule has 2 rings (SSSR count). The molecule has 22 heavy (non-hydrogen) atoms. The lowest BCUT2D eigenvalue weighted by Gasteiger charge is -2.32. The molecule has 1 aromatic rings. The van der Waals surface area contributed by atoms with Crippen LogP contribution < -0.4 is 11.1 Å². The van der Waals surface area contributed by atoms with E-state index in [2.05, 4.69) is 17.1 Å². The van der Waals surface area contributed by atoms with Gasteiger partial charge in [-0.2, -0.15) is 0 Å². The van der Waals surface area contributed by atoms with E-state index < -0.39 is 0 Å². The molecule has 0 saturated carbocycles. The number of halogens is 2. The van der Waals surface area contributed by atoms with Gasteiger partial charge in [-0.1, -0.05) is 6.07 Å². The van der Waals surface area contributed by atoms with Crippen LogP contribution in [0.3, 0.4) is 0 Å². The first kappa shape index (κ1) is 21.0. The third kappa shape index (κ3) is 5.65. The number of rotatable bonds is 4. The molecule has 0 spiro atoms. The summed E-state index contributed by atoms with van der Waals surface area (Å²) >= 11 is 0. The largest absolute Gasteiger partial charge is 0.399 e. The number of anilines is 1. The Morgan fingerprint density at radius 2 is 2.00 bits per heavy atom. The highest BCUT2D eigenvalue weighted by Gasteiger charge is 2.18. The standard InChI is InChI=1S/C15H23N3O2.2ClH/c1-11-3-4-13(16)9-14(11)15(19)17-10-12(2)18-5-7-20-8-6-18;;/h3-4,9,12H,5-8,10,16H2,1-2H3,(H,17,19);2*1H. The molecule has 1 heterocycles. The Morgan fingerprint density at radius 3 is 2.64 bits per heavy atom. The summed E-state index contributed by atoms with van der Waals surface area (Å²) < 4.78 is 5.33. The number of morpholine rings is 1. The summed E-state index contributed by atoms with van der Waals surface area (Å²) in [6, 6.07) is 5.71. The number of ether oxygens (including phenoxy) is 1. The van der Waals surface area contributed by atoms with Crippen LogP contribution in [0.2, 0.25) is 0 Å². The summed E-state index contributed by atoms with van der Waals surface area (Å²) in [6.45, 7) is 8.06. The molecule has 1 aliphatic rings. The summed E-state index contributed by atoms with van der Waals surface area (Å²) in [5, 5.41) is 2.99. The highest BCUT2D eigenvalue weighted by atomic mass is 35.5. The van der Waals surface area contributed by atoms with E-state index in [0.717, 1.165) is 31.9 Å². The molecule has 1 amide bonds. The Hall–Kier alpha value is -1.01. The summed E-state index contributed by atoms with van der Waals surface area (Å²) in [5.74, 6) is -0.0603. The molecule has 1 aliphatic heterocycles. The number of carbonyl (C=O) groups excluding carboxylic acids is 1. The zero-order valence-electron chi connectivity index (χ0n) is 13.0. The molecule has 0 radical (unpaired) electrons. The Morgan fingerprint density at radius 1 is 1.36 bits per heavy atom. The zero-order valence-corrected chi connectivity index (χ0v) is 14.6. The predicted molar refractivity (Wildman–Crippen MR) is 94.3 cm³/mol. The van der Waals surface area contributed by atoms with Crippen LogP contribution in [0.25, 0.3) is 0 Å². The van der Waals surface area contributed by atoms with Crippen LogP contribution in [0.15, 0.2) is 18.2 Å². The fraction of sp³-hybridized carbons (Fsp3) is 0.533. The van der Waals surface area contributed by atoms with Gasteiger partial charge in [0.05, 0.1) is 13.2 Å². The minimum absolute atomic E-state index is 0. The van der Waals surface area contributed by atoms with E-state index >= 15 is 0 Å². The first-order chi connectivity index (χ1) is 9.58. The molecular weight excluding hydrogens is 325 g/mol. The molecule has 1 fully saturated rings. The smallest absolute Gasteiger partial charge is 0.251 e. The Balaban J connectivity index is 0.00000220. The third-order valence-corrected chi connectivity index (χ3v) is 3.73. The lowest BCUT2D eigenvalue weighted by atomic mass is 10.1. The summed E-state index contributed by atoms with van der Waals surface area (Å²) in [6.07, 6.45) is 0. The SMILES string of the molecule is Cc1ccc(N)cc1C(=O)NCC(C)N1CCOCC1.Cl.Cl. The van der Waals surface area contributed by atoms with Crippen LogP contribution in [-0.2, 0) is 4.74 Å². The van der Waals surface area contributed by atoms with Gasteiger partial charge in [-0.25, -0.2) is 0 Å². The molecule has 7 heteroatoms. The number of carbonyl (C=O) groups is 1. The number of hydrogen-bond acceptors (Lipinski definition) is 4. The second kappa shape index (κ2) is 9.90. The highest BCUT2D eigenvalue weighted by molar-refractivity contribution is 5.96. The van der Waals surface area contributed by atoms with Gasteiger partial charge in [0.1, 0.15) is 0 Å². The van der Waals surface area contributed by atoms with Gasteiger partial charge in [-0.15, -0.1) is 24.8 Å². The maximum atomic E-state index is 12.2. The molecule has 1 atom stereocenters. The Labute approximate surface area is 144 Å². The van der Waals surface area contributed by atoms with E-state index in [1.165, 1.54) is 0 Å². The monoisotopic (exact) mass is 349 g/mol. The van der Waals surface area contributed by atoms with Gasteiger partial charge in [-0.3, -0.25) is 9.69 Å². The number of nitrogens with zero attached hydrogens (tertiary/aromatic N) is 1. The van der Waals surface area contributed by atoms with Crippen LogP contribution in [0.4, 0.5) is 5.69 Å².